The van der Waals surface area contributed by atoms with E-state index in [-0.39, 0.29) is 18.9 Å². The largest absolute Gasteiger partial charge is 0.368 e. The molecule has 0 spiro atoms. The molecule has 3 amide bonds. The number of amides is 3. The van der Waals surface area contributed by atoms with E-state index in [9.17, 15) is 14.4 Å². The lowest BCUT2D eigenvalue weighted by Gasteiger charge is -2.19. The van der Waals surface area contributed by atoms with E-state index in [0.717, 1.165) is 4.90 Å². The zero-order valence-electron chi connectivity index (χ0n) is 6.32. The second-order valence-corrected chi connectivity index (χ2v) is 2.39. The SMILES string of the molecule is NC(=O)CN1C(=O)C=CCC1=O. The molecule has 1 rings (SSSR count). The van der Waals surface area contributed by atoms with Gasteiger partial charge >= 0.3 is 0 Å². The predicted molar refractivity (Wildman–Crippen MR) is 39.7 cm³/mol. The molecule has 5 nitrogen and oxygen atoms in total. The van der Waals surface area contributed by atoms with Gasteiger partial charge < -0.3 is 5.73 Å². The maximum absolute atomic E-state index is 11.0. The van der Waals surface area contributed by atoms with Crippen LogP contribution in [-0.4, -0.2) is 29.2 Å². The summed E-state index contributed by atoms with van der Waals surface area (Å²) in [6.07, 6.45) is 2.87. The van der Waals surface area contributed by atoms with Gasteiger partial charge in [0.25, 0.3) is 5.91 Å². The van der Waals surface area contributed by atoms with Gasteiger partial charge in [-0.15, -0.1) is 0 Å². The zero-order chi connectivity index (χ0) is 9.14. The number of primary amides is 1. The first-order valence-corrected chi connectivity index (χ1v) is 3.40. The van der Waals surface area contributed by atoms with Gasteiger partial charge in [0.1, 0.15) is 6.54 Å². The molecule has 1 heterocycles. The Balaban J connectivity index is 2.73. The van der Waals surface area contributed by atoms with Gasteiger partial charge in [-0.3, -0.25) is 19.3 Å². The van der Waals surface area contributed by atoms with E-state index in [4.69, 9.17) is 5.73 Å². The molecule has 0 bridgehead atoms. The minimum absolute atomic E-state index is 0.152. The van der Waals surface area contributed by atoms with Crippen LogP contribution in [0.3, 0.4) is 0 Å². The minimum atomic E-state index is -0.688. The van der Waals surface area contributed by atoms with Crippen molar-refractivity contribution in [1.29, 1.82) is 0 Å². The summed E-state index contributed by atoms with van der Waals surface area (Å²) in [4.78, 5) is 33.2. The Morgan fingerprint density at radius 1 is 1.58 bits per heavy atom. The predicted octanol–water partition coefficient (Wildman–Crippen LogP) is -1.21. The van der Waals surface area contributed by atoms with Crippen LogP contribution in [-0.2, 0) is 14.4 Å². The normalized spacial score (nSPS) is 16.8. The first kappa shape index (κ1) is 8.45. The van der Waals surface area contributed by atoms with E-state index in [1.54, 1.807) is 0 Å². The van der Waals surface area contributed by atoms with Crippen LogP contribution in [0.4, 0.5) is 0 Å². The molecule has 0 aromatic rings. The average Bonchev–Trinajstić information content (AvgIpc) is 1.97. The highest BCUT2D eigenvalue weighted by Crippen LogP contribution is 2.03. The summed E-state index contributed by atoms with van der Waals surface area (Å²) in [5, 5.41) is 0. The molecular weight excluding hydrogens is 160 g/mol. The molecule has 0 unspecified atom stereocenters. The summed E-state index contributed by atoms with van der Waals surface area (Å²) in [5.41, 5.74) is 4.84. The summed E-state index contributed by atoms with van der Waals surface area (Å²) >= 11 is 0. The Hall–Kier alpha value is -1.65. The minimum Gasteiger partial charge on any atom is -0.368 e. The molecule has 0 saturated carbocycles. The third-order valence-electron chi connectivity index (χ3n) is 1.43. The van der Waals surface area contributed by atoms with Crippen molar-refractivity contribution in [2.75, 3.05) is 6.54 Å². The van der Waals surface area contributed by atoms with Gasteiger partial charge in [-0.2, -0.15) is 0 Å². The quantitative estimate of drug-likeness (QED) is 0.525. The molecule has 0 saturated heterocycles. The fourth-order valence-electron chi connectivity index (χ4n) is 0.906. The smallest absolute Gasteiger partial charge is 0.253 e. The van der Waals surface area contributed by atoms with Crippen LogP contribution in [0, 0.1) is 0 Å². The van der Waals surface area contributed by atoms with Crippen molar-refractivity contribution in [1.82, 2.24) is 4.90 Å². The number of rotatable bonds is 2. The van der Waals surface area contributed by atoms with Crippen molar-refractivity contribution in [2.45, 2.75) is 6.42 Å². The topological polar surface area (TPSA) is 80.5 Å². The molecule has 0 aromatic heterocycles. The lowest BCUT2D eigenvalue weighted by atomic mass is 10.2. The standard InChI is InChI=1S/C7H8N2O3/c8-5(10)4-9-6(11)2-1-3-7(9)12/h1-2H,3-4H2,(H2,8,10). The first-order chi connectivity index (χ1) is 5.61. The summed E-state index contributed by atoms with van der Waals surface area (Å²) in [6, 6.07) is 0. The van der Waals surface area contributed by atoms with Gasteiger partial charge in [0.15, 0.2) is 0 Å². The highest BCUT2D eigenvalue weighted by atomic mass is 16.2. The van der Waals surface area contributed by atoms with Crippen molar-refractivity contribution in [3.05, 3.63) is 12.2 Å². The van der Waals surface area contributed by atoms with Crippen LogP contribution in [0.5, 0.6) is 0 Å². The van der Waals surface area contributed by atoms with E-state index >= 15 is 0 Å². The first-order valence-electron chi connectivity index (χ1n) is 3.40. The summed E-state index contributed by atoms with van der Waals surface area (Å²) < 4.78 is 0. The van der Waals surface area contributed by atoms with Crippen LogP contribution in [0.1, 0.15) is 6.42 Å². The van der Waals surface area contributed by atoms with Crippen molar-refractivity contribution in [3.8, 4) is 0 Å². The fraction of sp³-hybridized carbons (Fsp3) is 0.286. The average molecular weight is 168 g/mol. The van der Waals surface area contributed by atoms with Crippen molar-refractivity contribution in [2.24, 2.45) is 5.73 Å². The van der Waals surface area contributed by atoms with Crippen molar-refractivity contribution >= 4 is 17.7 Å². The third kappa shape index (κ3) is 1.69. The maximum Gasteiger partial charge on any atom is 0.253 e. The van der Waals surface area contributed by atoms with E-state index in [1.165, 1.54) is 12.2 Å². The molecule has 0 aromatic carbocycles. The molecule has 2 N–H and O–H groups in total. The summed E-state index contributed by atoms with van der Waals surface area (Å²) in [6.45, 7) is -0.331. The lowest BCUT2D eigenvalue weighted by molar-refractivity contribution is -0.145. The molecule has 1 aliphatic heterocycles. The Kier molecular flexibility index (Phi) is 2.23. The number of hydrogen-bond donors (Lipinski definition) is 1. The Labute approximate surface area is 68.8 Å². The van der Waals surface area contributed by atoms with E-state index < -0.39 is 11.8 Å². The zero-order valence-corrected chi connectivity index (χ0v) is 6.32. The third-order valence-corrected chi connectivity index (χ3v) is 1.43. The van der Waals surface area contributed by atoms with E-state index in [0.29, 0.717) is 0 Å². The van der Waals surface area contributed by atoms with Crippen LogP contribution in [0.15, 0.2) is 12.2 Å². The van der Waals surface area contributed by atoms with Crippen molar-refractivity contribution < 1.29 is 14.4 Å². The summed E-state index contributed by atoms with van der Waals surface area (Å²) in [5.74, 6) is -1.56. The van der Waals surface area contributed by atoms with Gasteiger partial charge in [0.05, 0.1) is 0 Å². The van der Waals surface area contributed by atoms with Gasteiger partial charge in [0, 0.05) is 12.5 Å². The molecular formula is C7H8N2O3. The van der Waals surface area contributed by atoms with Crippen molar-refractivity contribution in [3.63, 3.8) is 0 Å². The highest BCUT2D eigenvalue weighted by Gasteiger charge is 2.22. The molecule has 5 heteroatoms. The van der Waals surface area contributed by atoms with Gasteiger partial charge in [-0.25, -0.2) is 0 Å². The molecule has 1 aliphatic rings. The molecule has 0 radical (unpaired) electrons. The number of nitrogens with two attached hydrogens (primary N) is 1. The molecule has 0 atom stereocenters. The van der Waals surface area contributed by atoms with Crippen LogP contribution >= 0.6 is 0 Å². The maximum atomic E-state index is 11.0. The van der Waals surface area contributed by atoms with Gasteiger partial charge in [0.2, 0.25) is 11.8 Å². The molecule has 0 aliphatic carbocycles. The van der Waals surface area contributed by atoms with E-state index in [2.05, 4.69) is 0 Å². The van der Waals surface area contributed by atoms with Crippen LogP contribution < -0.4 is 5.73 Å². The molecule has 64 valence electrons. The number of carbonyl (C=O) groups excluding carboxylic acids is 3. The van der Waals surface area contributed by atoms with Crippen LogP contribution in [0.25, 0.3) is 0 Å². The monoisotopic (exact) mass is 168 g/mol. The van der Waals surface area contributed by atoms with Crippen LogP contribution in [0.2, 0.25) is 0 Å². The molecule has 12 heavy (non-hydrogen) atoms. The van der Waals surface area contributed by atoms with E-state index in [1.807, 2.05) is 0 Å². The van der Waals surface area contributed by atoms with Gasteiger partial charge in [-0.05, 0) is 0 Å². The Morgan fingerprint density at radius 2 is 2.25 bits per heavy atom. The Morgan fingerprint density at radius 3 is 2.75 bits per heavy atom. The number of carbonyl (C=O) groups is 3. The molecule has 0 fully saturated rings. The second kappa shape index (κ2) is 3.17. The fourth-order valence-corrected chi connectivity index (χ4v) is 0.906. The van der Waals surface area contributed by atoms with Gasteiger partial charge in [-0.1, -0.05) is 6.08 Å². The lowest BCUT2D eigenvalue weighted by Crippen LogP contribution is -2.43. The number of imide groups is 1. The number of hydrogen-bond acceptors (Lipinski definition) is 3. The number of nitrogens with zero attached hydrogens (tertiary/aromatic N) is 1. The Bertz CT molecular complexity index is 270. The highest BCUT2D eigenvalue weighted by molar-refractivity contribution is 6.06. The summed E-state index contributed by atoms with van der Waals surface area (Å²) in [7, 11) is 0. The second-order valence-electron chi connectivity index (χ2n) is 2.39.